The first-order valence-electron chi connectivity index (χ1n) is 5.14. The van der Waals surface area contributed by atoms with Gasteiger partial charge in [0, 0.05) is 10.7 Å². The van der Waals surface area contributed by atoms with E-state index in [0.717, 1.165) is 5.56 Å². The van der Waals surface area contributed by atoms with Gasteiger partial charge in [0.25, 0.3) is 0 Å². The highest BCUT2D eigenvalue weighted by molar-refractivity contribution is 6.31. The van der Waals surface area contributed by atoms with E-state index in [-0.39, 0.29) is 5.82 Å². The molecule has 88 valence electrons. The van der Waals surface area contributed by atoms with Crippen molar-refractivity contribution >= 4 is 28.7 Å². The lowest BCUT2D eigenvalue weighted by Gasteiger charge is -2.10. The van der Waals surface area contributed by atoms with E-state index in [0.29, 0.717) is 22.1 Å². The summed E-state index contributed by atoms with van der Waals surface area (Å²) in [6.45, 7) is 1.83. The average molecular weight is 251 g/mol. The average Bonchev–Trinajstić information content (AvgIpc) is 2.22. The summed E-state index contributed by atoms with van der Waals surface area (Å²) >= 11 is 5.88. The first kappa shape index (κ1) is 11.7. The molecule has 3 N–H and O–H groups in total. The molecular weight excluding hydrogens is 239 g/mol. The van der Waals surface area contributed by atoms with Crippen molar-refractivity contribution in [3.8, 4) is 0 Å². The molecule has 17 heavy (non-hydrogen) atoms. The van der Waals surface area contributed by atoms with Crippen molar-refractivity contribution in [1.29, 1.82) is 0 Å². The summed E-state index contributed by atoms with van der Waals surface area (Å²) in [5.41, 5.74) is 8.52. The van der Waals surface area contributed by atoms with E-state index < -0.39 is 0 Å². The van der Waals surface area contributed by atoms with Crippen molar-refractivity contribution in [3.05, 3.63) is 52.8 Å². The van der Waals surface area contributed by atoms with Gasteiger partial charge < -0.3 is 11.1 Å². The van der Waals surface area contributed by atoms with E-state index in [4.69, 9.17) is 17.3 Å². The van der Waals surface area contributed by atoms with Crippen LogP contribution in [0.1, 0.15) is 5.56 Å². The molecule has 0 aliphatic heterocycles. The number of halogens is 2. The van der Waals surface area contributed by atoms with Gasteiger partial charge in [-0.1, -0.05) is 11.6 Å². The van der Waals surface area contributed by atoms with Gasteiger partial charge in [0.05, 0.1) is 11.4 Å². The zero-order valence-electron chi connectivity index (χ0n) is 9.30. The Morgan fingerprint density at radius 2 is 1.94 bits per heavy atom. The number of hydrogen-bond acceptors (Lipinski definition) is 2. The van der Waals surface area contributed by atoms with Crippen molar-refractivity contribution in [2.24, 2.45) is 0 Å². The maximum Gasteiger partial charge on any atom is 0.125 e. The highest BCUT2D eigenvalue weighted by Crippen LogP contribution is 2.27. The minimum absolute atomic E-state index is 0.284. The molecule has 2 rings (SSSR count). The Balaban J connectivity index is 2.34. The van der Waals surface area contributed by atoms with Crippen LogP contribution in [0.5, 0.6) is 0 Å². The Bertz CT molecular complexity index is 535. The number of aryl methyl sites for hydroxylation is 1. The lowest BCUT2D eigenvalue weighted by molar-refractivity contribution is 0.627. The number of anilines is 3. The van der Waals surface area contributed by atoms with Crippen molar-refractivity contribution in [3.63, 3.8) is 0 Å². The molecule has 0 aromatic heterocycles. The molecule has 2 nitrogen and oxygen atoms in total. The standard InChI is InChI=1S/C13H12ClFN2/c1-8-4-10(15)7-11(5-8)17-13-6-9(14)2-3-12(13)16/h2-7,17H,16H2,1H3. The van der Waals surface area contributed by atoms with E-state index in [9.17, 15) is 4.39 Å². The van der Waals surface area contributed by atoms with Gasteiger partial charge in [-0.05, 0) is 48.9 Å². The van der Waals surface area contributed by atoms with E-state index >= 15 is 0 Å². The van der Waals surface area contributed by atoms with E-state index in [1.807, 2.05) is 13.0 Å². The molecule has 4 heteroatoms. The monoisotopic (exact) mass is 250 g/mol. The Morgan fingerprint density at radius 1 is 1.18 bits per heavy atom. The van der Waals surface area contributed by atoms with Crippen molar-refractivity contribution < 1.29 is 4.39 Å². The second kappa shape index (κ2) is 4.63. The van der Waals surface area contributed by atoms with Gasteiger partial charge in [-0.2, -0.15) is 0 Å². The van der Waals surface area contributed by atoms with Gasteiger partial charge in [0.1, 0.15) is 5.82 Å². The molecule has 2 aromatic carbocycles. The highest BCUT2D eigenvalue weighted by atomic mass is 35.5. The Labute approximate surface area is 104 Å². The van der Waals surface area contributed by atoms with Gasteiger partial charge in [0.2, 0.25) is 0 Å². The number of nitrogen functional groups attached to an aromatic ring is 1. The van der Waals surface area contributed by atoms with E-state index in [1.165, 1.54) is 12.1 Å². The van der Waals surface area contributed by atoms with Crippen molar-refractivity contribution in [2.75, 3.05) is 11.1 Å². The molecule has 0 amide bonds. The number of benzene rings is 2. The molecule has 0 bridgehead atoms. The summed E-state index contributed by atoms with van der Waals surface area (Å²) in [5, 5.41) is 3.62. The Morgan fingerprint density at radius 3 is 2.65 bits per heavy atom. The van der Waals surface area contributed by atoms with Crippen LogP contribution in [-0.4, -0.2) is 0 Å². The summed E-state index contributed by atoms with van der Waals surface area (Å²) in [6, 6.07) is 9.83. The second-order valence-corrected chi connectivity index (χ2v) is 4.31. The quantitative estimate of drug-likeness (QED) is 0.787. The summed E-state index contributed by atoms with van der Waals surface area (Å²) in [5.74, 6) is -0.284. The minimum Gasteiger partial charge on any atom is -0.397 e. The number of nitrogens with two attached hydrogens (primary N) is 1. The molecule has 0 fully saturated rings. The third-order valence-electron chi connectivity index (χ3n) is 2.34. The third-order valence-corrected chi connectivity index (χ3v) is 2.57. The fourth-order valence-electron chi connectivity index (χ4n) is 1.60. The van der Waals surface area contributed by atoms with Gasteiger partial charge in [0.15, 0.2) is 0 Å². The molecule has 0 atom stereocenters. The van der Waals surface area contributed by atoms with Gasteiger partial charge >= 0.3 is 0 Å². The summed E-state index contributed by atoms with van der Waals surface area (Å²) < 4.78 is 13.2. The third kappa shape index (κ3) is 2.88. The lowest BCUT2D eigenvalue weighted by atomic mass is 10.2. The first-order valence-corrected chi connectivity index (χ1v) is 5.51. The Hall–Kier alpha value is -1.74. The molecule has 0 saturated heterocycles. The van der Waals surface area contributed by atoms with Crippen molar-refractivity contribution in [1.82, 2.24) is 0 Å². The lowest BCUT2D eigenvalue weighted by Crippen LogP contribution is -1.97. The Kier molecular flexibility index (Phi) is 3.20. The van der Waals surface area contributed by atoms with Crippen LogP contribution in [0, 0.1) is 12.7 Å². The van der Waals surface area contributed by atoms with Gasteiger partial charge in [-0.15, -0.1) is 0 Å². The molecule has 0 spiro atoms. The molecule has 0 heterocycles. The van der Waals surface area contributed by atoms with Crippen LogP contribution in [0.3, 0.4) is 0 Å². The fraction of sp³-hybridized carbons (Fsp3) is 0.0769. The van der Waals surface area contributed by atoms with Crippen LogP contribution < -0.4 is 11.1 Å². The van der Waals surface area contributed by atoms with Crippen LogP contribution in [0.4, 0.5) is 21.5 Å². The number of nitrogens with one attached hydrogen (secondary N) is 1. The van der Waals surface area contributed by atoms with Gasteiger partial charge in [-0.3, -0.25) is 0 Å². The molecule has 0 aliphatic carbocycles. The normalized spacial score (nSPS) is 10.3. The predicted octanol–water partition coefficient (Wildman–Crippen LogP) is 4.11. The second-order valence-electron chi connectivity index (χ2n) is 3.87. The fourth-order valence-corrected chi connectivity index (χ4v) is 1.77. The summed E-state index contributed by atoms with van der Waals surface area (Å²) in [6.07, 6.45) is 0. The predicted molar refractivity (Wildman–Crippen MR) is 70.3 cm³/mol. The van der Waals surface area contributed by atoms with Crippen LogP contribution in [0.25, 0.3) is 0 Å². The zero-order valence-corrected chi connectivity index (χ0v) is 10.1. The molecule has 0 aliphatic rings. The first-order chi connectivity index (χ1) is 8.04. The smallest absolute Gasteiger partial charge is 0.125 e. The molecular formula is C13H12ClFN2. The number of rotatable bonds is 2. The van der Waals surface area contributed by atoms with E-state index in [1.54, 1.807) is 18.2 Å². The SMILES string of the molecule is Cc1cc(F)cc(Nc2cc(Cl)ccc2N)c1. The minimum atomic E-state index is -0.284. The molecule has 0 radical (unpaired) electrons. The maximum atomic E-state index is 13.2. The van der Waals surface area contributed by atoms with Crippen LogP contribution >= 0.6 is 11.6 Å². The molecule has 2 aromatic rings. The topological polar surface area (TPSA) is 38.0 Å². The van der Waals surface area contributed by atoms with Crippen LogP contribution in [0.15, 0.2) is 36.4 Å². The maximum absolute atomic E-state index is 13.2. The summed E-state index contributed by atoms with van der Waals surface area (Å²) in [4.78, 5) is 0. The van der Waals surface area contributed by atoms with Crippen LogP contribution in [0.2, 0.25) is 5.02 Å². The molecule has 0 unspecified atom stereocenters. The van der Waals surface area contributed by atoms with E-state index in [2.05, 4.69) is 5.32 Å². The molecule has 0 saturated carbocycles. The summed E-state index contributed by atoms with van der Waals surface area (Å²) in [7, 11) is 0. The van der Waals surface area contributed by atoms with Gasteiger partial charge in [-0.25, -0.2) is 4.39 Å². The van der Waals surface area contributed by atoms with Crippen molar-refractivity contribution in [2.45, 2.75) is 6.92 Å². The highest BCUT2D eigenvalue weighted by Gasteiger charge is 2.03. The zero-order chi connectivity index (χ0) is 12.4. The van der Waals surface area contributed by atoms with Crippen LogP contribution in [-0.2, 0) is 0 Å². The largest absolute Gasteiger partial charge is 0.397 e. The number of hydrogen-bond donors (Lipinski definition) is 2.